The molecule has 18 heavy (non-hydrogen) atoms. The fourth-order valence-electron chi connectivity index (χ4n) is 1.23. The molecule has 1 heterocycles. The summed E-state index contributed by atoms with van der Waals surface area (Å²) < 4.78 is 5.20. The van der Waals surface area contributed by atoms with Gasteiger partial charge >= 0.3 is 5.97 Å². The van der Waals surface area contributed by atoms with Crippen molar-refractivity contribution in [3.8, 4) is 0 Å². The average molecular weight is 248 g/mol. The monoisotopic (exact) mass is 248 g/mol. The third-order valence-electron chi connectivity index (χ3n) is 1.90. The third-order valence-corrected chi connectivity index (χ3v) is 1.90. The van der Waals surface area contributed by atoms with Crippen molar-refractivity contribution in [2.24, 2.45) is 0 Å². The first kappa shape index (κ1) is 13.9. The zero-order valence-electron chi connectivity index (χ0n) is 11.0. The minimum absolute atomic E-state index is 0.0629. The van der Waals surface area contributed by atoms with Gasteiger partial charge in [-0.15, -0.1) is 0 Å². The molecule has 0 saturated heterocycles. The van der Waals surface area contributed by atoms with Gasteiger partial charge in [-0.05, 0) is 20.8 Å². The molecule has 96 valence electrons. The molecular weight excluding hydrogens is 232 g/mol. The molecule has 0 atom stereocenters. The zero-order valence-corrected chi connectivity index (χ0v) is 11.0. The Morgan fingerprint density at radius 3 is 2.72 bits per heavy atom. The Balaban J connectivity index is 2.68. The summed E-state index contributed by atoms with van der Waals surface area (Å²) in [5.74, 6) is 0.318. The molecule has 6 nitrogen and oxygen atoms in total. The van der Waals surface area contributed by atoms with Crippen LogP contribution in [0.4, 0.5) is 11.6 Å². The number of hydrogen-bond donors (Lipinski definition) is 0. The predicted octanol–water partition coefficient (Wildman–Crippen LogP) is 1.81. The smallest absolute Gasteiger partial charge is 0.326 e. The van der Waals surface area contributed by atoms with Gasteiger partial charge in [0.1, 0.15) is 12.1 Å². The van der Waals surface area contributed by atoms with E-state index in [0.29, 0.717) is 5.82 Å². The van der Waals surface area contributed by atoms with E-state index >= 15 is 0 Å². The number of carbonyl (C=O) groups excluding carboxylic acids is 1. The van der Waals surface area contributed by atoms with Crippen molar-refractivity contribution >= 4 is 17.6 Å². The quantitative estimate of drug-likeness (QED) is 0.603. The molecule has 0 aliphatic heterocycles. The molecule has 6 heteroatoms. The van der Waals surface area contributed by atoms with E-state index in [9.17, 15) is 4.79 Å². The molecular formula is C12H16N4O2. The van der Waals surface area contributed by atoms with Crippen molar-refractivity contribution in [2.75, 3.05) is 18.5 Å². The van der Waals surface area contributed by atoms with Crippen LogP contribution in [-0.2, 0) is 9.53 Å². The maximum absolute atomic E-state index is 11.6. The fourth-order valence-corrected chi connectivity index (χ4v) is 1.23. The van der Waals surface area contributed by atoms with Crippen LogP contribution in [0.5, 0.6) is 0 Å². The van der Waals surface area contributed by atoms with E-state index in [-0.39, 0.29) is 18.3 Å². The van der Waals surface area contributed by atoms with E-state index in [4.69, 9.17) is 11.3 Å². The summed E-state index contributed by atoms with van der Waals surface area (Å²) in [7, 11) is 1.70. The number of likely N-dealkylation sites (N-methyl/N-ethyl adjacent to an activating group) is 1. The molecule has 0 amide bonds. The van der Waals surface area contributed by atoms with E-state index in [1.165, 1.54) is 12.4 Å². The summed E-state index contributed by atoms with van der Waals surface area (Å²) in [4.78, 5) is 24.3. The van der Waals surface area contributed by atoms with Crippen LogP contribution in [0.3, 0.4) is 0 Å². The van der Waals surface area contributed by atoms with Gasteiger partial charge in [0.2, 0.25) is 5.82 Å². The second kappa shape index (κ2) is 5.45. The lowest BCUT2D eigenvalue weighted by atomic mass is 10.2. The minimum Gasteiger partial charge on any atom is -0.459 e. The Hall–Kier alpha value is -2.16. The Morgan fingerprint density at radius 1 is 1.50 bits per heavy atom. The van der Waals surface area contributed by atoms with E-state index in [0.717, 1.165) is 0 Å². The van der Waals surface area contributed by atoms with Crippen LogP contribution in [0.1, 0.15) is 20.8 Å². The SMILES string of the molecule is [C-]#[N+]c1cncc(N(C)CC(=O)OC(C)(C)C)n1. The fraction of sp³-hybridized carbons (Fsp3) is 0.500. The summed E-state index contributed by atoms with van der Waals surface area (Å²) in [6, 6.07) is 0. The molecule has 0 aromatic carbocycles. The number of nitrogens with zero attached hydrogens (tertiary/aromatic N) is 4. The first-order valence-electron chi connectivity index (χ1n) is 5.44. The lowest BCUT2D eigenvalue weighted by Crippen LogP contribution is -2.33. The molecule has 0 bridgehead atoms. The van der Waals surface area contributed by atoms with Crippen molar-refractivity contribution in [3.63, 3.8) is 0 Å². The molecule has 0 N–H and O–H groups in total. The number of ether oxygens (including phenoxy) is 1. The number of rotatable bonds is 3. The molecule has 1 aromatic rings. The first-order valence-corrected chi connectivity index (χ1v) is 5.44. The lowest BCUT2D eigenvalue weighted by Gasteiger charge is -2.21. The van der Waals surface area contributed by atoms with Crippen LogP contribution in [0.25, 0.3) is 4.85 Å². The Morgan fingerprint density at radius 2 is 2.17 bits per heavy atom. The number of carbonyl (C=O) groups is 1. The maximum Gasteiger partial charge on any atom is 0.326 e. The van der Waals surface area contributed by atoms with E-state index in [1.807, 2.05) is 20.8 Å². The molecule has 0 aliphatic carbocycles. The average Bonchev–Trinajstić information content (AvgIpc) is 2.26. The standard InChI is InChI=1S/C12H16N4O2/c1-12(2,3)18-11(17)8-16(5)10-7-14-6-9(13-4)15-10/h6-7H,8H2,1-3,5H3. The van der Waals surface area contributed by atoms with Crippen LogP contribution in [0.15, 0.2) is 12.4 Å². The maximum atomic E-state index is 11.6. The topological polar surface area (TPSA) is 59.7 Å². The first-order chi connectivity index (χ1) is 8.31. The second-order valence-electron chi connectivity index (χ2n) is 4.79. The van der Waals surface area contributed by atoms with Crippen LogP contribution in [0, 0.1) is 6.57 Å². The second-order valence-corrected chi connectivity index (χ2v) is 4.79. The highest BCUT2D eigenvalue weighted by Crippen LogP contribution is 2.13. The van der Waals surface area contributed by atoms with Gasteiger partial charge in [-0.25, -0.2) is 0 Å². The summed E-state index contributed by atoms with van der Waals surface area (Å²) in [6.45, 7) is 12.3. The zero-order chi connectivity index (χ0) is 13.8. The van der Waals surface area contributed by atoms with Gasteiger partial charge in [0.05, 0.1) is 12.4 Å². The van der Waals surface area contributed by atoms with Crippen molar-refractivity contribution in [1.29, 1.82) is 0 Å². The summed E-state index contributed by atoms with van der Waals surface area (Å²) in [5, 5.41) is 0. The highest BCUT2D eigenvalue weighted by molar-refractivity contribution is 5.75. The van der Waals surface area contributed by atoms with Crippen molar-refractivity contribution in [1.82, 2.24) is 9.97 Å². The van der Waals surface area contributed by atoms with Crippen LogP contribution in [-0.4, -0.2) is 35.1 Å². The van der Waals surface area contributed by atoms with E-state index < -0.39 is 5.60 Å². The number of aromatic nitrogens is 2. The molecule has 0 aliphatic rings. The summed E-state index contributed by atoms with van der Waals surface area (Å²) in [5.41, 5.74) is -0.512. The summed E-state index contributed by atoms with van der Waals surface area (Å²) >= 11 is 0. The van der Waals surface area contributed by atoms with Crippen LogP contribution >= 0.6 is 0 Å². The Bertz CT molecular complexity index is 474. The van der Waals surface area contributed by atoms with Gasteiger partial charge < -0.3 is 14.5 Å². The molecule has 0 radical (unpaired) electrons. The molecule has 1 aromatic heterocycles. The normalized spacial score (nSPS) is 10.6. The van der Waals surface area contributed by atoms with Crippen molar-refractivity contribution < 1.29 is 9.53 Å². The van der Waals surface area contributed by atoms with Gasteiger partial charge in [0.25, 0.3) is 5.82 Å². The largest absolute Gasteiger partial charge is 0.459 e. The minimum atomic E-state index is -0.512. The number of esters is 1. The number of anilines is 1. The Labute approximate surface area is 106 Å². The van der Waals surface area contributed by atoms with Gasteiger partial charge in [-0.1, -0.05) is 11.6 Å². The predicted molar refractivity (Wildman–Crippen MR) is 67.4 cm³/mol. The summed E-state index contributed by atoms with van der Waals surface area (Å²) in [6.07, 6.45) is 2.87. The molecule has 0 saturated carbocycles. The number of hydrogen-bond acceptors (Lipinski definition) is 5. The van der Waals surface area contributed by atoms with Crippen LogP contribution in [0.2, 0.25) is 0 Å². The van der Waals surface area contributed by atoms with Crippen LogP contribution < -0.4 is 4.90 Å². The van der Waals surface area contributed by atoms with E-state index in [2.05, 4.69) is 14.8 Å². The Kier molecular flexibility index (Phi) is 4.21. The molecule has 0 unspecified atom stereocenters. The lowest BCUT2D eigenvalue weighted by molar-refractivity contribution is -0.152. The van der Waals surface area contributed by atoms with Gasteiger partial charge in [-0.3, -0.25) is 9.78 Å². The molecule has 1 rings (SSSR count). The van der Waals surface area contributed by atoms with E-state index in [1.54, 1.807) is 11.9 Å². The van der Waals surface area contributed by atoms with Gasteiger partial charge in [0.15, 0.2) is 0 Å². The van der Waals surface area contributed by atoms with Gasteiger partial charge in [0, 0.05) is 7.05 Å². The highest BCUT2D eigenvalue weighted by atomic mass is 16.6. The third kappa shape index (κ3) is 4.37. The highest BCUT2D eigenvalue weighted by Gasteiger charge is 2.19. The van der Waals surface area contributed by atoms with Gasteiger partial charge in [-0.2, -0.15) is 0 Å². The molecule has 0 fully saturated rings. The van der Waals surface area contributed by atoms with Crippen molar-refractivity contribution in [3.05, 3.63) is 23.8 Å². The van der Waals surface area contributed by atoms with Crippen molar-refractivity contribution in [2.45, 2.75) is 26.4 Å². The molecule has 0 spiro atoms.